The van der Waals surface area contributed by atoms with Gasteiger partial charge in [0.05, 0.1) is 11.3 Å². The van der Waals surface area contributed by atoms with Crippen molar-refractivity contribution in [1.29, 1.82) is 0 Å². The first kappa shape index (κ1) is 17.5. The Morgan fingerprint density at radius 2 is 1.96 bits per heavy atom. The van der Waals surface area contributed by atoms with Gasteiger partial charge in [-0.1, -0.05) is 11.6 Å². The predicted octanol–water partition coefficient (Wildman–Crippen LogP) is 3.29. The monoisotopic (exact) mass is 373 g/mol. The lowest BCUT2D eigenvalue weighted by molar-refractivity contribution is 0.0895. The molecule has 0 spiro atoms. The molecule has 138 valence electrons. The number of hydrogen-bond donors (Lipinski definition) is 2. The molecule has 2 fully saturated rings. The van der Waals surface area contributed by atoms with Crippen LogP contribution in [0.15, 0.2) is 24.5 Å². The van der Waals surface area contributed by atoms with Crippen LogP contribution in [0.5, 0.6) is 0 Å². The van der Waals surface area contributed by atoms with E-state index in [0.717, 1.165) is 44.5 Å². The van der Waals surface area contributed by atoms with Gasteiger partial charge in [-0.15, -0.1) is 0 Å². The summed E-state index contributed by atoms with van der Waals surface area (Å²) in [5.41, 5.74) is 2.72. The minimum atomic E-state index is -0.0914. The third kappa shape index (κ3) is 3.62. The number of nitrogens with zero attached hydrogens (tertiary/aromatic N) is 3. The van der Waals surface area contributed by atoms with Crippen LogP contribution in [0, 0.1) is 0 Å². The number of carbonyl (C=O) groups is 1. The topological polar surface area (TPSA) is 73.9 Å². The van der Waals surface area contributed by atoms with E-state index < -0.39 is 0 Å². The molecule has 3 heterocycles. The van der Waals surface area contributed by atoms with Crippen molar-refractivity contribution in [3.63, 3.8) is 0 Å². The predicted molar refractivity (Wildman–Crippen MR) is 100 cm³/mol. The highest BCUT2D eigenvalue weighted by molar-refractivity contribution is 6.32. The summed E-state index contributed by atoms with van der Waals surface area (Å²) in [5, 5.41) is 10.4. The number of pyridine rings is 1. The maximum Gasteiger partial charge on any atom is 0.256 e. The average molecular weight is 374 g/mol. The van der Waals surface area contributed by atoms with Crippen LogP contribution in [0.4, 0.5) is 0 Å². The van der Waals surface area contributed by atoms with E-state index in [0.29, 0.717) is 17.5 Å². The van der Waals surface area contributed by atoms with Gasteiger partial charge in [0.1, 0.15) is 0 Å². The minimum absolute atomic E-state index is 0.0914. The lowest BCUT2D eigenvalue weighted by Gasteiger charge is -2.36. The number of H-pyrrole nitrogens is 1. The molecular formula is C19H24ClN5O. The smallest absolute Gasteiger partial charge is 0.256 e. The Morgan fingerprint density at radius 3 is 2.62 bits per heavy atom. The number of halogens is 1. The summed E-state index contributed by atoms with van der Waals surface area (Å²) in [6, 6.07) is 4.68. The van der Waals surface area contributed by atoms with Crippen LogP contribution in [-0.2, 0) is 0 Å². The van der Waals surface area contributed by atoms with Gasteiger partial charge in [0, 0.05) is 43.5 Å². The van der Waals surface area contributed by atoms with Crippen molar-refractivity contribution in [2.45, 2.75) is 50.6 Å². The highest BCUT2D eigenvalue weighted by Crippen LogP contribution is 2.41. The van der Waals surface area contributed by atoms with Gasteiger partial charge in [0.15, 0.2) is 5.15 Å². The second-order valence-corrected chi connectivity index (χ2v) is 7.68. The minimum Gasteiger partial charge on any atom is -0.349 e. The van der Waals surface area contributed by atoms with E-state index in [1.54, 1.807) is 0 Å². The van der Waals surface area contributed by atoms with Crippen molar-refractivity contribution in [2.75, 3.05) is 13.1 Å². The molecule has 0 radical (unpaired) electrons. The molecule has 1 amide bonds. The van der Waals surface area contributed by atoms with Crippen LogP contribution in [0.2, 0.25) is 5.15 Å². The summed E-state index contributed by atoms with van der Waals surface area (Å²) >= 11 is 6.15. The molecule has 1 aliphatic carbocycles. The molecule has 2 aliphatic rings. The van der Waals surface area contributed by atoms with Gasteiger partial charge in [-0.05, 0) is 50.3 Å². The number of rotatable bonds is 5. The molecule has 2 N–H and O–H groups in total. The number of hydrogen-bond acceptors (Lipinski definition) is 4. The number of nitrogens with one attached hydrogen (secondary N) is 2. The van der Waals surface area contributed by atoms with E-state index >= 15 is 0 Å². The zero-order valence-corrected chi connectivity index (χ0v) is 15.7. The quantitative estimate of drug-likeness (QED) is 0.843. The summed E-state index contributed by atoms with van der Waals surface area (Å²) in [5.74, 6) is 0.324. The molecule has 1 saturated carbocycles. The summed E-state index contributed by atoms with van der Waals surface area (Å²) in [6.45, 7) is 4.15. The lowest BCUT2D eigenvalue weighted by Crippen LogP contribution is -2.45. The van der Waals surface area contributed by atoms with E-state index in [2.05, 4.69) is 44.5 Å². The summed E-state index contributed by atoms with van der Waals surface area (Å²) < 4.78 is 0. The second-order valence-electron chi connectivity index (χ2n) is 7.32. The van der Waals surface area contributed by atoms with E-state index in [1.165, 1.54) is 5.56 Å². The van der Waals surface area contributed by atoms with Gasteiger partial charge in [-0.2, -0.15) is 5.10 Å². The maximum atomic E-state index is 12.7. The fraction of sp³-hybridized carbons (Fsp3) is 0.526. The first-order chi connectivity index (χ1) is 12.6. The lowest BCUT2D eigenvalue weighted by atomic mass is 10.00. The summed E-state index contributed by atoms with van der Waals surface area (Å²) in [6.07, 6.45) is 7.76. The fourth-order valence-electron chi connectivity index (χ4n) is 3.76. The molecule has 1 saturated heterocycles. The largest absolute Gasteiger partial charge is 0.349 e. The van der Waals surface area contributed by atoms with Crippen molar-refractivity contribution in [3.05, 3.63) is 46.5 Å². The molecular weight excluding hydrogens is 350 g/mol. The van der Waals surface area contributed by atoms with Gasteiger partial charge in [-0.3, -0.25) is 19.8 Å². The zero-order valence-electron chi connectivity index (χ0n) is 14.9. The van der Waals surface area contributed by atoms with E-state index in [9.17, 15) is 4.79 Å². The third-order valence-corrected chi connectivity index (χ3v) is 5.84. The molecule has 6 nitrogen and oxygen atoms in total. The maximum absolute atomic E-state index is 12.7. The number of aromatic nitrogens is 3. The molecule has 1 aliphatic heterocycles. The SMILES string of the molecule is CC(c1ccncc1)N1CCC(NC(=O)c2c(Cl)n[nH]c2C2CC2)CC1. The standard InChI is InChI=1S/C19H24ClN5O/c1-12(13-4-8-21-9-5-13)25-10-6-15(7-11-25)22-19(26)16-17(14-2-3-14)23-24-18(16)20/h4-5,8-9,12,14-15H,2-3,6-7,10-11H2,1H3,(H,22,26)(H,23,24). The number of piperidine rings is 1. The van der Waals surface area contributed by atoms with Crippen LogP contribution in [0.1, 0.15) is 66.2 Å². The van der Waals surface area contributed by atoms with Crippen molar-refractivity contribution in [3.8, 4) is 0 Å². The van der Waals surface area contributed by atoms with E-state index in [1.807, 2.05) is 12.4 Å². The van der Waals surface area contributed by atoms with Gasteiger partial charge in [0.25, 0.3) is 5.91 Å². The molecule has 1 atom stereocenters. The van der Waals surface area contributed by atoms with Crippen molar-refractivity contribution in [1.82, 2.24) is 25.4 Å². The number of carbonyl (C=O) groups excluding carboxylic acids is 1. The number of aromatic amines is 1. The second kappa shape index (κ2) is 7.37. The number of likely N-dealkylation sites (tertiary alicyclic amines) is 1. The van der Waals surface area contributed by atoms with Gasteiger partial charge in [0.2, 0.25) is 0 Å². The Balaban J connectivity index is 1.34. The van der Waals surface area contributed by atoms with Gasteiger partial charge < -0.3 is 5.32 Å². The summed E-state index contributed by atoms with van der Waals surface area (Å²) in [7, 11) is 0. The van der Waals surface area contributed by atoms with Crippen LogP contribution in [0.3, 0.4) is 0 Å². The van der Waals surface area contributed by atoms with E-state index in [-0.39, 0.29) is 17.1 Å². The molecule has 0 aromatic carbocycles. The molecule has 1 unspecified atom stereocenters. The molecule has 7 heteroatoms. The normalized spacial score (nSPS) is 20.1. The molecule has 4 rings (SSSR count). The third-order valence-electron chi connectivity index (χ3n) is 5.56. The first-order valence-corrected chi connectivity index (χ1v) is 9.70. The summed E-state index contributed by atoms with van der Waals surface area (Å²) in [4.78, 5) is 19.3. The van der Waals surface area contributed by atoms with Crippen molar-refractivity contribution < 1.29 is 4.79 Å². The first-order valence-electron chi connectivity index (χ1n) is 9.32. The van der Waals surface area contributed by atoms with Crippen LogP contribution < -0.4 is 5.32 Å². The van der Waals surface area contributed by atoms with Gasteiger partial charge >= 0.3 is 0 Å². The van der Waals surface area contributed by atoms with Crippen LogP contribution in [0.25, 0.3) is 0 Å². The van der Waals surface area contributed by atoms with Crippen LogP contribution in [-0.4, -0.2) is 45.1 Å². The van der Waals surface area contributed by atoms with Crippen LogP contribution >= 0.6 is 11.6 Å². The highest BCUT2D eigenvalue weighted by atomic mass is 35.5. The molecule has 0 bridgehead atoms. The molecule has 2 aromatic heterocycles. The Labute approximate surface area is 158 Å². The van der Waals surface area contributed by atoms with E-state index in [4.69, 9.17) is 11.6 Å². The Morgan fingerprint density at radius 1 is 1.27 bits per heavy atom. The molecule has 26 heavy (non-hydrogen) atoms. The Hall–Kier alpha value is -1.92. The highest BCUT2D eigenvalue weighted by Gasteiger charge is 2.33. The van der Waals surface area contributed by atoms with Crippen molar-refractivity contribution >= 4 is 17.5 Å². The van der Waals surface area contributed by atoms with Crippen molar-refractivity contribution in [2.24, 2.45) is 0 Å². The molecule has 2 aromatic rings. The Bertz CT molecular complexity index is 765. The van der Waals surface area contributed by atoms with Gasteiger partial charge in [-0.25, -0.2) is 0 Å². The Kier molecular flexibility index (Phi) is 4.96. The fourth-order valence-corrected chi connectivity index (χ4v) is 3.99. The number of amides is 1. The average Bonchev–Trinajstić information content (AvgIpc) is 3.44. The zero-order chi connectivity index (χ0) is 18.1.